The molecular formula is C14H17ClN4OS. The van der Waals surface area contributed by atoms with E-state index in [0.29, 0.717) is 15.9 Å². The second-order valence-electron chi connectivity index (χ2n) is 4.38. The number of thiocarbonyl (C=S) groups is 1. The van der Waals surface area contributed by atoms with Crippen LogP contribution in [0, 0.1) is 0 Å². The number of hydrogen-bond acceptors (Lipinski definition) is 3. The molecule has 1 heterocycles. The lowest BCUT2D eigenvalue weighted by Crippen LogP contribution is -2.29. The minimum absolute atomic E-state index is 0.547. The highest BCUT2D eigenvalue weighted by Gasteiger charge is 2.03. The number of halogens is 1. The number of hydrogen-bond donors (Lipinski definition) is 2. The van der Waals surface area contributed by atoms with E-state index in [1.165, 1.54) is 0 Å². The van der Waals surface area contributed by atoms with Gasteiger partial charge in [-0.05, 0) is 36.8 Å². The van der Waals surface area contributed by atoms with E-state index >= 15 is 0 Å². The van der Waals surface area contributed by atoms with Crippen LogP contribution in [-0.2, 0) is 6.54 Å². The molecule has 0 bridgehead atoms. The number of methoxy groups -OCH3 is 1. The summed E-state index contributed by atoms with van der Waals surface area (Å²) in [5, 5.41) is 7.36. The number of nitrogens with zero attached hydrogens (tertiary/aromatic N) is 2. The summed E-state index contributed by atoms with van der Waals surface area (Å²) in [6.45, 7) is 1.69. The third-order valence-corrected chi connectivity index (χ3v) is 3.39. The van der Waals surface area contributed by atoms with Crippen LogP contribution in [0.1, 0.15) is 6.42 Å². The zero-order valence-electron chi connectivity index (χ0n) is 11.7. The number of aryl methyl sites for hydroxylation is 1. The molecule has 0 aliphatic carbocycles. The molecule has 7 heteroatoms. The fourth-order valence-electron chi connectivity index (χ4n) is 1.80. The number of rotatable bonds is 6. The number of imidazole rings is 1. The zero-order chi connectivity index (χ0) is 15.1. The smallest absolute Gasteiger partial charge is 0.170 e. The van der Waals surface area contributed by atoms with Crippen molar-refractivity contribution in [1.29, 1.82) is 0 Å². The van der Waals surface area contributed by atoms with Crippen molar-refractivity contribution in [2.45, 2.75) is 13.0 Å². The number of anilines is 1. The van der Waals surface area contributed by atoms with Crippen molar-refractivity contribution in [3.05, 3.63) is 41.9 Å². The third kappa shape index (κ3) is 4.91. The second-order valence-corrected chi connectivity index (χ2v) is 5.20. The highest BCUT2D eigenvalue weighted by Crippen LogP contribution is 2.27. The van der Waals surface area contributed by atoms with Crippen LogP contribution in [0.3, 0.4) is 0 Å². The fraction of sp³-hybridized carbons (Fsp3) is 0.286. The van der Waals surface area contributed by atoms with Crippen molar-refractivity contribution in [2.24, 2.45) is 0 Å². The van der Waals surface area contributed by atoms with Gasteiger partial charge in [0.05, 0.1) is 18.5 Å². The summed E-state index contributed by atoms with van der Waals surface area (Å²) in [4.78, 5) is 4.00. The normalized spacial score (nSPS) is 10.2. The Labute approximate surface area is 134 Å². The topological polar surface area (TPSA) is 51.1 Å². The van der Waals surface area contributed by atoms with Gasteiger partial charge in [0.25, 0.3) is 0 Å². The quantitative estimate of drug-likeness (QED) is 0.632. The zero-order valence-corrected chi connectivity index (χ0v) is 13.2. The van der Waals surface area contributed by atoms with Crippen molar-refractivity contribution in [3.63, 3.8) is 0 Å². The molecule has 1 aromatic carbocycles. The van der Waals surface area contributed by atoms with E-state index in [1.54, 1.807) is 31.8 Å². The number of aromatic nitrogens is 2. The van der Waals surface area contributed by atoms with Crippen LogP contribution in [0.25, 0.3) is 0 Å². The summed E-state index contributed by atoms with van der Waals surface area (Å²) < 4.78 is 7.13. The molecule has 0 radical (unpaired) electrons. The molecule has 5 nitrogen and oxygen atoms in total. The van der Waals surface area contributed by atoms with E-state index in [2.05, 4.69) is 15.6 Å². The van der Waals surface area contributed by atoms with Gasteiger partial charge >= 0.3 is 0 Å². The molecule has 2 aromatic rings. The first-order valence-electron chi connectivity index (χ1n) is 6.53. The first-order valence-corrected chi connectivity index (χ1v) is 7.32. The van der Waals surface area contributed by atoms with Crippen molar-refractivity contribution in [3.8, 4) is 5.75 Å². The largest absolute Gasteiger partial charge is 0.495 e. The maximum atomic E-state index is 6.06. The lowest BCUT2D eigenvalue weighted by molar-refractivity contribution is 0.415. The monoisotopic (exact) mass is 324 g/mol. The predicted octanol–water partition coefficient (Wildman–Crippen LogP) is 2.92. The molecule has 0 aliphatic heterocycles. The van der Waals surface area contributed by atoms with E-state index in [-0.39, 0.29) is 0 Å². The average Bonchev–Trinajstić information content (AvgIpc) is 2.97. The van der Waals surface area contributed by atoms with Crippen LogP contribution in [0.2, 0.25) is 5.02 Å². The molecule has 2 rings (SSSR count). The van der Waals surface area contributed by atoms with Gasteiger partial charge in [-0.1, -0.05) is 11.6 Å². The molecule has 0 saturated heterocycles. The molecular weight excluding hydrogens is 308 g/mol. The standard InChI is InChI=1S/C14H17ClN4OS/c1-20-13-4-3-11(9-12(13)15)18-14(21)17-5-2-7-19-8-6-16-10-19/h3-4,6,8-10H,2,5,7H2,1H3,(H2,17,18,21). The van der Waals surface area contributed by atoms with Crippen LogP contribution in [0.4, 0.5) is 5.69 Å². The van der Waals surface area contributed by atoms with E-state index in [1.807, 2.05) is 16.8 Å². The lowest BCUT2D eigenvalue weighted by atomic mass is 10.3. The van der Waals surface area contributed by atoms with Gasteiger partial charge in [0.2, 0.25) is 0 Å². The highest BCUT2D eigenvalue weighted by molar-refractivity contribution is 7.80. The Bertz CT molecular complexity index is 589. The van der Waals surface area contributed by atoms with Gasteiger partial charge < -0.3 is 19.9 Å². The molecule has 0 fully saturated rings. The number of nitrogens with one attached hydrogen (secondary N) is 2. The highest BCUT2D eigenvalue weighted by atomic mass is 35.5. The first kappa shape index (κ1) is 15.6. The van der Waals surface area contributed by atoms with Crippen LogP contribution in [-0.4, -0.2) is 28.3 Å². The number of ether oxygens (including phenoxy) is 1. The van der Waals surface area contributed by atoms with E-state index in [4.69, 9.17) is 28.6 Å². The lowest BCUT2D eigenvalue weighted by Gasteiger charge is -2.12. The summed E-state index contributed by atoms with van der Waals surface area (Å²) in [6, 6.07) is 5.44. The summed E-state index contributed by atoms with van der Waals surface area (Å²) in [5.41, 5.74) is 0.827. The van der Waals surface area contributed by atoms with Crippen molar-refractivity contribution < 1.29 is 4.74 Å². The van der Waals surface area contributed by atoms with Crippen LogP contribution < -0.4 is 15.4 Å². The average molecular weight is 325 g/mol. The van der Waals surface area contributed by atoms with Gasteiger partial charge in [0.15, 0.2) is 5.11 Å². The fourth-order valence-corrected chi connectivity index (χ4v) is 2.28. The van der Waals surface area contributed by atoms with Gasteiger partial charge in [-0.2, -0.15) is 0 Å². The Balaban J connectivity index is 1.72. The van der Waals surface area contributed by atoms with E-state index < -0.39 is 0 Å². The molecule has 1 aromatic heterocycles. The molecule has 0 aliphatic rings. The summed E-state index contributed by atoms with van der Waals surface area (Å²) in [5.74, 6) is 0.640. The molecule has 2 N–H and O–H groups in total. The molecule has 21 heavy (non-hydrogen) atoms. The van der Waals surface area contributed by atoms with Gasteiger partial charge in [0, 0.05) is 31.2 Å². The minimum Gasteiger partial charge on any atom is -0.495 e. The molecule has 112 valence electrons. The van der Waals surface area contributed by atoms with Crippen LogP contribution in [0.5, 0.6) is 5.75 Å². The Morgan fingerprint density at radius 3 is 3.00 bits per heavy atom. The summed E-state index contributed by atoms with van der Waals surface area (Å²) in [7, 11) is 1.58. The van der Waals surface area contributed by atoms with Crippen LogP contribution in [0.15, 0.2) is 36.9 Å². The van der Waals surface area contributed by atoms with Gasteiger partial charge in [0.1, 0.15) is 5.75 Å². The third-order valence-electron chi connectivity index (χ3n) is 2.85. The van der Waals surface area contributed by atoms with Crippen molar-refractivity contribution >= 4 is 34.6 Å². The Hall–Kier alpha value is -1.79. The molecule has 0 unspecified atom stereocenters. The van der Waals surface area contributed by atoms with Gasteiger partial charge in [-0.3, -0.25) is 0 Å². The Morgan fingerprint density at radius 2 is 2.33 bits per heavy atom. The van der Waals surface area contributed by atoms with E-state index in [0.717, 1.165) is 25.2 Å². The summed E-state index contributed by atoms with van der Waals surface area (Å²) in [6.07, 6.45) is 6.47. The second kappa shape index (κ2) is 7.85. The molecule has 0 saturated carbocycles. The molecule has 0 amide bonds. The maximum absolute atomic E-state index is 6.06. The Morgan fingerprint density at radius 1 is 1.48 bits per heavy atom. The first-order chi connectivity index (χ1) is 10.2. The summed E-state index contributed by atoms with van der Waals surface area (Å²) >= 11 is 11.3. The minimum atomic E-state index is 0.547. The molecule has 0 atom stereocenters. The van der Waals surface area contributed by atoms with Crippen molar-refractivity contribution in [2.75, 3.05) is 19.0 Å². The molecule has 0 spiro atoms. The Kier molecular flexibility index (Phi) is 5.83. The van der Waals surface area contributed by atoms with Crippen LogP contribution >= 0.6 is 23.8 Å². The van der Waals surface area contributed by atoms with E-state index in [9.17, 15) is 0 Å². The predicted molar refractivity (Wildman–Crippen MR) is 89.1 cm³/mol. The maximum Gasteiger partial charge on any atom is 0.170 e. The van der Waals surface area contributed by atoms with Gasteiger partial charge in [-0.15, -0.1) is 0 Å². The SMILES string of the molecule is COc1ccc(NC(=S)NCCCn2ccnc2)cc1Cl. The van der Waals surface area contributed by atoms with Crippen molar-refractivity contribution in [1.82, 2.24) is 14.9 Å². The van der Waals surface area contributed by atoms with Gasteiger partial charge in [-0.25, -0.2) is 4.98 Å². The number of benzene rings is 1.